The summed E-state index contributed by atoms with van der Waals surface area (Å²) in [6.07, 6.45) is 5.05. The predicted molar refractivity (Wildman–Crippen MR) is 63.4 cm³/mol. The Balaban J connectivity index is 2.04. The number of pyridine rings is 1. The minimum absolute atomic E-state index is 0.218. The molecule has 0 saturated carbocycles. The van der Waals surface area contributed by atoms with Crippen LogP contribution in [0.5, 0.6) is 0 Å². The van der Waals surface area contributed by atoms with Gasteiger partial charge in [-0.3, -0.25) is 4.98 Å². The maximum atomic E-state index is 5.50. The molecule has 0 fully saturated rings. The van der Waals surface area contributed by atoms with Crippen LogP contribution < -0.4 is 5.73 Å². The Labute approximate surface area is 100 Å². The fourth-order valence-electron chi connectivity index (χ4n) is 1.60. The molecule has 0 spiro atoms. The summed E-state index contributed by atoms with van der Waals surface area (Å²) in [4.78, 5) is 8.41. The Kier molecular flexibility index (Phi) is 3.82. The van der Waals surface area contributed by atoms with Crippen molar-refractivity contribution in [1.29, 1.82) is 0 Å². The quantitative estimate of drug-likeness (QED) is 0.845. The highest BCUT2D eigenvalue weighted by atomic mass is 16.5. The third kappa shape index (κ3) is 3.10. The Morgan fingerprint density at radius 2 is 2.35 bits per heavy atom. The van der Waals surface area contributed by atoms with E-state index in [0.29, 0.717) is 24.7 Å². The zero-order valence-electron chi connectivity index (χ0n) is 9.84. The van der Waals surface area contributed by atoms with Gasteiger partial charge in [-0.25, -0.2) is 0 Å². The van der Waals surface area contributed by atoms with Crippen molar-refractivity contribution in [2.75, 3.05) is 6.54 Å². The monoisotopic (exact) mass is 232 g/mol. The lowest BCUT2D eigenvalue weighted by Gasteiger charge is -2.01. The highest BCUT2D eigenvalue weighted by Gasteiger charge is 2.13. The van der Waals surface area contributed by atoms with Crippen LogP contribution in [0.2, 0.25) is 0 Å². The van der Waals surface area contributed by atoms with Gasteiger partial charge in [0, 0.05) is 24.7 Å². The fraction of sp³-hybridized carbons (Fsp3) is 0.417. The lowest BCUT2D eigenvalue weighted by atomic mass is 10.1. The maximum Gasteiger partial charge on any atom is 0.229 e. The molecule has 5 heteroatoms. The zero-order valence-corrected chi connectivity index (χ0v) is 9.84. The second-order valence-electron chi connectivity index (χ2n) is 4.07. The van der Waals surface area contributed by atoms with Crippen molar-refractivity contribution in [2.45, 2.75) is 25.7 Å². The van der Waals surface area contributed by atoms with Gasteiger partial charge in [-0.05, 0) is 24.6 Å². The lowest BCUT2D eigenvalue weighted by Crippen LogP contribution is -2.04. The normalized spacial score (nSPS) is 12.6. The van der Waals surface area contributed by atoms with E-state index in [4.69, 9.17) is 10.3 Å². The molecule has 2 rings (SSSR count). The molecule has 90 valence electrons. The number of rotatable bonds is 5. The van der Waals surface area contributed by atoms with Crippen LogP contribution in [0, 0.1) is 0 Å². The molecule has 2 N–H and O–H groups in total. The minimum Gasteiger partial charge on any atom is -0.339 e. The molecule has 2 aromatic rings. The van der Waals surface area contributed by atoms with Crippen molar-refractivity contribution in [3.63, 3.8) is 0 Å². The van der Waals surface area contributed by atoms with E-state index in [9.17, 15) is 0 Å². The van der Waals surface area contributed by atoms with Crippen molar-refractivity contribution in [3.05, 3.63) is 41.8 Å². The average molecular weight is 232 g/mol. The van der Waals surface area contributed by atoms with E-state index < -0.39 is 0 Å². The topological polar surface area (TPSA) is 77.8 Å². The van der Waals surface area contributed by atoms with Crippen LogP contribution >= 0.6 is 0 Å². The van der Waals surface area contributed by atoms with Crippen molar-refractivity contribution in [3.8, 4) is 0 Å². The summed E-state index contributed by atoms with van der Waals surface area (Å²) in [6.45, 7) is 2.66. The maximum absolute atomic E-state index is 5.50. The van der Waals surface area contributed by atoms with Crippen molar-refractivity contribution < 1.29 is 4.52 Å². The fourth-order valence-corrected chi connectivity index (χ4v) is 1.60. The first-order valence-corrected chi connectivity index (χ1v) is 5.71. The van der Waals surface area contributed by atoms with Gasteiger partial charge in [-0.15, -0.1) is 0 Å². The van der Waals surface area contributed by atoms with Gasteiger partial charge >= 0.3 is 0 Å². The van der Waals surface area contributed by atoms with E-state index in [-0.39, 0.29) is 5.92 Å². The molecule has 1 unspecified atom stereocenters. The molecule has 0 saturated heterocycles. The molecule has 0 aliphatic carbocycles. The van der Waals surface area contributed by atoms with Crippen LogP contribution in [0.4, 0.5) is 0 Å². The Morgan fingerprint density at radius 1 is 1.47 bits per heavy atom. The number of aromatic nitrogens is 3. The molecule has 0 aliphatic rings. The van der Waals surface area contributed by atoms with E-state index in [0.717, 1.165) is 12.0 Å². The summed E-state index contributed by atoms with van der Waals surface area (Å²) in [5.41, 5.74) is 6.57. The molecule has 0 bridgehead atoms. The zero-order chi connectivity index (χ0) is 12.1. The van der Waals surface area contributed by atoms with Crippen LogP contribution in [0.15, 0.2) is 29.0 Å². The van der Waals surface area contributed by atoms with Gasteiger partial charge in [0.15, 0.2) is 5.82 Å². The summed E-state index contributed by atoms with van der Waals surface area (Å²) in [7, 11) is 0. The van der Waals surface area contributed by atoms with Gasteiger partial charge in [-0.2, -0.15) is 4.98 Å². The van der Waals surface area contributed by atoms with Gasteiger partial charge in [0.25, 0.3) is 0 Å². The second kappa shape index (κ2) is 5.54. The Bertz CT molecular complexity index is 455. The van der Waals surface area contributed by atoms with Gasteiger partial charge in [0.2, 0.25) is 5.89 Å². The standard InChI is InChI=1S/C12H16N4O/c1-9(4-5-13)12-15-11(16-17-12)7-10-3-2-6-14-8-10/h2-3,6,8-9H,4-5,7,13H2,1H3. The third-order valence-electron chi connectivity index (χ3n) is 2.59. The van der Waals surface area contributed by atoms with E-state index in [1.807, 2.05) is 19.1 Å². The summed E-state index contributed by atoms with van der Waals surface area (Å²) in [6, 6.07) is 3.89. The van der Waals surface area contributed by atoms with E-state index in [2.05, 4.69) is 15.1 Å². The van der Waals surface area contributed by atoms with Crippen molar-refractivity contribution in [2.24, 2.45) is 5.73 Å². The van der Waals surface area contributed by atoms with Crippen LogP contribution in [0.3, 0.4) is 0 Å². The van der Waals surface area contributed by atoms with Crippen molar-refractivity contribution >= 4 is 0 Å². The van der Waals surface area contributed by atoms with Gasteiger partial charge in [0.1, 0.15) is 0 Å². The number of nitrogens with two attached hydrogens (primary N) is 1. The number of hydrogen-bond acceptors (Lipinski definition) is 5. The molecule has 17 heavy (non-hydrogen) atoms. The van der Waals surface area contributed by atoms with Crippen molar-refractivity contribution in [1.82, 2.24) is 15.1 Å². The summed E-state index contributed by atoms with van der Waals surface area (Å²) in [5, 5.41) is 3.96. The lowest BCUT2D eigenvalue weighted by molar-refractivity contribution is 0.351. The molecule has 2 aromatic heterocycles. The SMILES string of the molecule is CC(CCN)c1nc(Cc2cccnc2)no1. The van der Waals surface area contributed by atoms with E-state index in [1.165, 1.54) is 0 Å². The van der Waals surface area contributed by atoms with Gasteiger partial charge in [-0.1, -0.05) is 18.1 Å². The second-order valence-corrected chi connectivity index (χ2v) is 4.07. The van der Waals surface area contributed by atoms with E-state index in [1.54, 1.807) is 12.4 Å². The Hall–Kier alpha value is -1.75. The van der Waals surface area contributed by atoms with Gasteiger partial charge < -0.3 is 10.3 Å². The third-order valence-corrected chi connectivity index (χ3v) is 2.59. The molecule has 0 aromatic carbocycles. The molecule has 0 amide bonds. The molecule has 1 atom stereocenters. The van der Waals surface area contributed by atoms with Gasteiger partial charge in [0.05, 0.1) is 0 Å². The first kappa shape index (κ1) is 11.7. The smallest absolute Gasteiger partial charge is 0.229 e. The number of hydrogen-bond donors (Lipinski definition) is 1. The first-order valence-electron chi connectivity index (χ1n) is 5.71. The van der Waals surface area contributed by atoms with Crippen LogP contribution in [0.25, 0.3) is 0 Å². The minimum atomic E-state index is 0.218. The predicted octanol–water partition coefficient (Wildman–Crippen LogP) is 1.51. The van der Waals surface area contributed by atoms with Crippen LogP contribution in [-0.2, 0) is 6.42 Å². The molecule has 2 heterocycles. The number of nitrogens with zero attached hydrogens (tertiary/aromatic N) is 3. The molecule has 0 radical (unpaired) electrons. The summed E-state index contributed by atoms with van der Waals surface area (Å²) in [5.74, 6) is 1.57. The average Bonchev–Trinajstić information content (AvgIpc) is 2.79. The first-order chi connectivity index (χ1) is 8.29. The van der Waals surface area contributed by atoms with Crippen LogP contribution in [0.1, 0.15) is 36.5 Å². The summed E-state index contributed by atoms with van der Waals surface area (Å²) < 4.78 is 5.21. The molecule has 5 nitrogen and oxygen atoms in total. The van der Waals surface area contributed by atoms with E-state index >= 15 is 0 Å². The highest BCUT2D eigenvalue weighted by Crippen LogP contribution is 2.16. The Morgan fingerprint density at radius 3 is 3.06 bits per heavy atom. The van der Waals surface area contributed by atoms with Crippen LogP contribution in [-0.4, -0.2) is 21.7 Å². The molecular formula is C12H16N4O. The summed E-state index contributed by atoms with van der Waals surface area (Å²) >= 11 is 0. The molecule has 0 aliphatic heterocycles. The largest absolute Gasteiger partial charge is 0.339 e. The highest BCUT2D eigenvalue weighted by molar-refractivity contribution is 5.13. The molecular weight excluding hydrogens is 216 g/mol.